The first-order valence-electron chi connectivity index (χ1n) is 19.7. The van der Waals surface area contributed by atoms with E-state index in [1.165, 1.54) is 85.4 Å². The van der Waals surface area contributed by atoms with Crippen molar-refractivity contribution in [1.29, 1.82) is 0 Å². The van der Waals surface area contributed by atoms with E-state index in [1.54, 1.807) is 19.0 Å². The third-order valence-electron chi connectivity index (χ3n) is 11.5. The number of carboxylic acid groups (broad SMARTS) is 1. The molecule has 0 saturated heterocycles. The summed E-state index contributed by atoms with van der Waals surface area (Å²) >= 11 is 0. The summed E-state index contributed by atoms with van der Waals surface area (Å²) in [6.45, 7) is 1.78. The molecule has 2 aliphatic carbocycles. The monoisotopic (exact) mass is 781 g/mol. The molecule has 1 unspecified atom stereocenters. The number of amides is 2. The van der Waals surface area contributed by atoms with Crippen LogP contribution in [0.3, 0.4) is 0 Å². The number of hydrogen-bond acceptors (Lipinski definition) is 6. The van der Waals surface area contributed by atoms with E-state index in [4.69, 9.17) is 0 Å². The van der Waals surface area contributed by atoms with Crippen molar-refractivity contribution in [3.63, 3.8) is 0 Å². The van der Waals surface area contributed by atoms with Gasteiger partial charge in [-0.1, -0.05) is 62.6 Å². The van der Waals surface area contributed by atoms with E-state index in [-0.39, 0.29) is 23.4 Å². The van der Waals surface area contributed by atoms with Gasteiger partial charge in [-0.3, -0.25) is 14.4 Å². The highest BCUT2D eigenvalue weighted by Crippen LogP contribution is 2.42. The van der Waals surface area contributed by atoms with Gasteiger partial charge in [0.15, 0.2) is 5.82 Å². The third-order valence-corrected chi connectivity index (χ3v) is 11.5. The molecule has 0 bridgehead atoms. The van der Waals surface area contributed by atoms with E-state index in [0.29, 0.717) is 17.1 Å². The number of aliphatic carboxylic acids is 1. The van der Waals surface area contributed by atoms with Crippen molar-refractivity contribution in [1.82, 2.24) is 14.9 Å². The standard InChI is InChI=1S/C45H50F3N5O4/c1-4-29-5-9-31(10-6-29)32-13-15-33(16-14-32)37-25-49-43(50-26-37)34-11-7-30(8-12-34)27-53(28-42(55)56)44(57)35-17-20-38(21-18-35)51-41(54)23-36-19-22-39(52(2)3)24-40(36)45(46,47)48/h7-8,11-12,15,17-22,24-26,29,31-32H,4-6,9-10,13-14,16,23,27-28H2,1-3H3,(H,51,54)(H,55,56). The van der Waals surface area contributed by atoms with Crippen molar-refractivity contribution >= 4 is 34.7 Å². The Labute approximate surface area is 332 Å². The molecule has 0 spiro atoms. The zero-order valence-electron chi connectivity index (χ0n) is 32.7. The summed E-state index contributed by atoms with van der Waals surface area (Å²) < 4.78 is 41.3. The van der Waals surface area contributed by atoms with Gasteiger partial charge in [0, 0.05) is 61.1 Å². The van der Waals surface area contributed by atoms with Crippen molar-refractivity contribution in [2.45, 2.75) is 77.4 Å². The lowest BCUT2D eigenvalue weighted by atomic mass is 9.71. The molecule has 0 radical (unpaired) electrons. The number of alkyl halides is 3. The average Bonchev–Trinajstić information content (AvgIpc) is 3.20. The zero-order valence-corrected chi connectivity index (χ0v) is 32.7. The van der Waals surface area contributed by atoms with Crippen LogP contribution in [-0.4, -0.2) is 58.4 Å². The van der Waals surface area contributed by atoms with Gasteiger partial charge >= 0.3 is 12.1 Å². The summed E-state index contributed by atoms with van der Waals surface area (Å²) in [4.78, 5) is 50.0. The van der Waals surface area contributed by atoms with E-state index in [2.05, 4.69) is 28.3 Å². The number of carboxylic acids is 1. The fraction of sp³-hybridized carbons (Fsp3) is 0.400. The summed E-state index contributed by atoms with van der Waals surface area (Å²) in [5.41, 5.74) is 3.61. The summed E-state index contributed by atoms with van der Waals surface area (Å²) in [6, 6.07) is 16.9. The Hall–Kier alpha value is -5.52. The molecule has 4 aromatic rings. The van der Waals surface area contributed by atoms with Crippen LogP contribution in [0.2, 0.25) is 0 Å². The normalized spacial score (nSPS) is 18.4. The molecular weight excluding hydrogens is 732 g/mol. The van der Waals surface area contributed by atoms with Crippen molar-refractivity contribution in [3.05, 3.63) is 113 Å². The largest absolute Gasteiger partial charge is 0.480 e. The maximum Gasteiger partial charge on any atom is 0.416 e. The second-order valence-corrected chi connectivity index (χ2v) is 15.5. The number of allylic oxidation sites excluding steroid dienone is 2. The molecule has 2 N–H and O–H groups in total. The SMILES string of the molecule is CCC1CCC(C2CC=C(c3cnc(-c4ccc(CN(CC(=O)O)C(=O)c5ccc(NC(=O)Cc6ccc(N(C)C)cc6C(F)(F)F)cc5)cc4)nc3)CC2)CC1. The molecule has 2 amide bonds. The number of aromatic nitrogens is 2. The minimum Gasteiger partial charge on any atom is -0.480 e. The van der Waals surface area contributed by atoms with E-state index >= 15 is 0 Å². The van der Waals surface area contributed by atoms with Crippen LogP contribution < -0.4 is 10.2 Å². The van der Waals surface area contributed by atoms with Crippen LogP contribution in [0, 0.1) is 17.8 Å². The lowest BCUT2D eigenvalue weighted by molar-refractivity contribution is -0.139. The maximum atomic E-state index is 13.8. The average molecular weight is 782 g/mol. The minimum absolute atomic E-state index is 0.0209. The first kappa shape index (κ1) is 41.1. The highest BCUT2D eigenvalue weighted by atomic mass is 19.4. The molecule has 57 heavy (non-hydrogen) atoms. The predicted molar refractivity (Wildman–Crippen MR) is 215 cm³/mol. The number of anilines is 2. The van der Waals surface area contributed by atoms with E-state index in [0.717, 1.165) is 47.8 Å². The van der Waals surface area contributed by atoms with E-state index in [1.807, 2.05) is 36.7 Å². The van der Waals surface area contributed by atoms with Crippen molar-refractivity contribution in [3.8, 4) is 11.4 Å². The molecule has 2 aliphatic rings. The number of nitrogens with zero attached hydrogens (tertiary/aromatic N) is 4. The lowest BCUT2D eigenvalue weighted by Gasteiger charge is -2.35. The summed E-state index contributed by atoms with van der Waals surface area (Å²) in [6.07, 6.45) is 11.2. The number of rotatable bonds is 13. The quantitative estimate of drug-likeness (QED) is 0.139. The maximum absolute atomic E-state index is 13.8. The van der Waals surface area contributed by atoms with Crippen LogP contribution in [0.25, 0.3) is 17.0 Å². The Morgan fingerprint density at radius 1 is 0.860 bits per heavy atom. The second kappa shape index (κ2) is 18.2. The molecule has 1 saturated carbocycles. The number of benzene rings is 3. The third kappa shape index (κ3) is 10.7. The molecule has 3 aromatic carbocycles. The van der Waals surface area contributed by atoms with E-state index in [9.17, 15) is 32.7 Å². The Bertz CT molecular complexity index is 2060. The molecule has 12 heteroatoms. The molecule has 0 aliphatic heterocycles. The van der Waals surface area contributed by atoms with Gasteiger partial charge in [0.25, 0.3) is 5.91 Å². The smallest absolute Gasteiger partial charge is 0.416 e. The van der Waals surface area contributed by atoms with Gasteiger partial charge in [-0.2, -0.15) is 13.2 Å². The molecule has 1 heterocycles. The van der Waals surface area contributed by atoms with Crippen molar-refractivity contribution in [2.24, 2.45) is 17.8 Å². The van der Waals surface area contributed by atoms with Crippen LogP contribution >= 0.6 is 0 Å². The topological polar surface area (TPSA) is 116 Å². The van der Waals surface area contributed by atoms with Crippen LogP contribution in [-0.2, 0) is 28.7 Å². The molecule has 300 valence electrons. The Morgan fingerprint density at radius 2 is 1.54 bits per heavy atom. The van der Waals surface area contributed by atoms with Crippen LogP contribution in [0.15, 0.2) is 85.2 Å². The van der Waals surface area contributed by atoms with Gasteiger partial charge in [0.1, 0.15) is 6.54 Å². The molecule has 9 nitrogen and oxygen atoms in total. The number of carbonyl (C=O) groups excluding carboxylic acids is 2. The van der Waals surface area contributed by atoms with Gasteiger partial charge in [0.05, 0.1) is 12.0 Å². The first-order chi connectivity index (χ1) is 27.3. The van der Waals surface area contributed by atoms with Gasteiger partial charge in [-0.25, -0.2) is 9.97 Å². The number of halogens is 3. The fourth-order valence-electron chi connectivity index (χ4n) is 8.12. The van der Waals surface area contributed by atoms with Crippen molar-refractivity contribution < 1.29 is 32.7 Å². The first-order valence-corrected chi connectivity index (χ1v) is 19.7. The Kier molecular flexibility index (Phi) is 13.1. The van der Waals surface area contributed by atoms with E-state index < -0.39 is 42.5 Å². The van der Waals surface area contributed by atoms with Crippen LogP contribution in [0.5, 0.6) is 0 Å². The fourth-order valence-corrected chi connectivity index (χ4v) is 8.12. The summed E-state index contributed by atoms with van der Waals surface area (Å²) in [5.74, 6) is 0.724. The van der Waals surface area contributed by atoms with Gasteiger partial charge < -0.3 is 20.2 Å². The van der Waals surface area contributed by atoms with Gasteiger partial charge in [0.2, 0.25) is 5.91 Å². The molecule has 6 rings (SSSR count). The number of nitrogens with one attached hydrogen (secondary N) is 1. The number of carbonyl (C=O) groups is 3. The van der Waals surface area contributed by atoms with Crippen molar-refractivity contribution in [2.75, 3.05) is 30.9 Å². The second-order valence-electron chi connectivity index (χ2n) is 15.5. The summed E-state index contributed by atoms with van der Waals surface area (Å²) in [5, 5.41) is 12.2. The lowest BCUT2D eigenvalue weighted by Crippen LogP contribution is -2.35. The Morgan fingerprint density at radius 3 is 2.12 bits per heavy atom. The van der Waals surface area contributed by atoms with Crippen LogP contribution in [0.4, 0.5) is 24.5 Å². The molecular formula is C45H50F3N5O4. The number of hydrogen-bond donors (Lipinski definition) is 2. The minimum atomic E-state index is -4.64. The molecule has 1 aromatic heterocycles. The van der Waals surface area contributed by atoms with Gasteiger partial charge in [-0.15, -0.1) is 0 Å². The molecule has 1 atom stereocenters. The van der Waals surface area contributed by atoms with Crippen LogP contribution in [0.1, 0.15) is 90.9 Å². The predicted octanol–water partition coefficient (Wildman–Crippen LogP) is 9.54. The highest BCUT2D eigenvalue weighted by molar-refractivity contribution is 5.97. The zero-order chi connectivity index (χ0) is 40.7. The Balaban J connectivity index is 1.04. The summed E-state index contributed by atoms with van der Waals surface area (Å²) in [7, 11) is 3.26. The molecule has 1 fully saturated rings. The highest BCUT2D eigenvalue weighted by Gasteiger charge is 2.34. The van der Waals surface area contributed by atoms with Gasteiger partial charge in [-0.05, 0) is 103 Å².